The summed E-state index contributed by atoms with van der Waals surface area (Å²) in [5.41, 5.74) is 0. The van der Waals surface area contributed by atoms with Crippen molar-refractivity contribution in [1.82, 2.24) is 10.2 Å². The third-order valence-electron chi connectivity index (χ3n) is 5.00. The van der Waals surface area contributed by atoms with Crippen LogP contribution in [0.3, 0.4) is 0 Å². The van der Waals surface area contributed by atoms with E-state index in [1.807, 2.05) is 28.5 Å². The molecule has 2 saturated heterocycles. The van der Waals surface area contributed by atoms with Crippen molar-refractivity contribution in [1.29, 1.82) is 0 Å². The Morgan fingerprint density at radius 1 is 1.38 bits per heavy atom. The molecule has 4 rings (SSSR count). The van der Waals surface area contributed by atoms with Crippen LogP contribution in [0.2, 0.25) is 0 Å². The number of ether oxygens (including phenoxy) is 1. The van der Waals surface area contributed by atoms with Crippen molar-refractivity contribution in [3.8, 4) is 0 Å². The Morgan fingerprint density at radius 3 is 3.00 bits per heavy atom. The van der Waals surface area contributed by atoms with Gasteiger partial charge in [0.2, 0.25) is 11.8 Å². The minimum atomic E-state index is -0.165. The summed E-state index contributed by atoms with van der Waals surface area (Å²) in [5.74, 6) is 0.655. The number of likely N-dealkylation sites (tertiary alicyclic amines) is 1. The summed E-state index contributed by atoms with van der Waals surface area (Å²) in [6.45, 7) is 1.88. The summed E-state index contributed by atoms with van der Waals surface area (Å²) in [4.78, 5) is 27.7. The molecule has 1 saturated carbocycles. The molecule has 24 heavy (non-hydrogen) atoms. The van der Waals surface area contributed by atoms with Crippen molar-refractivity contribution < 1.29 is 14.3 Å². The third-order valence-corrected chi connectivity index (χ3v) is 5.84. The number of rotatable bonds is 5. The van der Waals surface area contributed by atoms with E-state index in [9.17, 15) is 9.59 Å². The zero-order valence-electron chi connectivity index (χ0n) is 13.5. The minimum absolute atomic E-state index is 0.000684. The molecule has 3 aliphatic rings. The van der Waals surface area contributed by atoms with Gasteiger partial charge in [-0.2, -0.15) is 0 Å². The monoisotopic (exact) mass is 346 g/mol. The quantitative estimate of drug-likeness (QED) is 0.829. The van der Waals surface area contributed by atoms with Gasteiger partial charge in [-0.3, -0.25) is 9.59 Å². The van der Waals surface area contributed by atoms with E-state index in [1.54, 1.807) is 17.4 Å². The summed E-state index contributed by atoms with van der Waals surface area (Å²) < 4.78 is 5.91. The SMILES string of the molecule is O=C(NCC1CC1)C1CC2CN(C(=O)/C=C/c3cccs3)CC1O2. The summed E-state index contributed by atoms with van der Waals surface area (Å²) in [6, 6.07) is 3.95. The number of morpholine rings is 1. The highest BCUT2D eigenvalue weighted by Crippen LogP contribution is 2.33. The normalized spacial score (nSPS) is 29.2. The molecule has 3 unspecified atom stereocenters. The molecule has 3 atom stereocenters. The van der Waals surface area contributed by atoms with Gasteiger partial charge >= 0.3 is 0 Å². The number of nitrogens with one attached hydrogen (secondary N) is 1. The van der Waals surface area contributed by atoms with Gasteiger partial charge in [0.25, 0.3) is 0 Å². The second-order valence-corrected chi connectivity index (χ2v) is 7.90. The van der Waals surface area contributed by atoms with Crippen molar-refractivity contribution in [2.24, 2.45) is 11.8 Å². The van der Waals surface area contributed by atoms with Crippen LogP contribution >= 0.6 is 11.3 Å². The van der Waals surface area contributed by atoms with E-state index in [0.717, 1.165) is 17.8 Å². The number of amides is 2. The second-order valence-electron chi connectivity index (χ2n) is 6.92. The van der Waals surface area contributed by atoms with Gasteiger partial charge in [-0.25, -0.2) is 0 Å². The van der Waals surface area contributed by atoms with E-state index in [4.69, 9.17) is 4.74 Å². The number of hydrogen-bond acceptors (Lipinski definition) is 4. The van der Waals surface area contributed by atoms with Gasteiger partial charge in [0.15, 0.2) is 0 Å². The van der Waals surface area contributed by atoms with Crippen LogP contribution < -0.4 is 5.32 Å². The fourth-order valence-corrected chi connectivity index (χ4v) is 4.07. The van der Waals surface area contributed by atoms with E-state index in [-0.39, 0.29) is 29.9 Å². The molecule has 128 valence electrons. The van der Waals surface area contributed by atoms with E-state index < -0.39 is 0 Å². The lowest BCUT2D eigenvalue weighted by atomic mass is 9.99. The van der Waals surface area contributed by atoms with Gasteiger partial charge in [0, 0.05) is 30.6 Å². The first-order chi connectivity index (χ1) is 11.7. The summed E-state index contributed by atoms with van der Waals surface area (Å²) >= 11 is 1.61. The van der Waals surface area contributed by atoms with E-state index >= 15 is 0 Å². The minimum Gasteiger partial charge on any atom is -0.370 e. The smallest absolute Gasteiger partial charge is 0.246 e. The average molecular weight is 346 g/mol. The van der Waals surface area contributed by atoms with Crippen LogP contribution in [0.1, 0.15) is 24.1 Å². The van der Waals surface area contributed by atoms with Crippen LogP contribution in [-0.2, 0) is 14.3 Å². The highest BCUT2D eigenvalue weighted by atomic mass is 32.1. The number of carbonyl (C=O) groups is 2. The number of thiophene rings is 1. The number of hydrogen-bond donors (Lipinski definition) is 1. The maximum Gasteiger partial charge on any atom is 0.246 e. The maximum atomic E-state index is 12.4. The Bertz CT molecular complexity index is 639. The molecule has 2 bridgehead atoms. The predicted molar refractivity (Wildman–Crippen MR) is 92.4 cm³/mol. The van der Waals surface area contributed by atoms with Crippen LogP contribution in [0.4, 0.5) is 0 Å². The van der Waals surface area contributed by atoms with Crippen molar-refractivity contribution in [2.45, 2.75) is 31.5 Å². The average Bonchev–Trinajstić information content (AvgIpc) is 3.18. The molecule has 1 aliphatic carbocycles. The summed E-state index contributed by atoms with van der Waals surface area (Å²) in [6.07, 6.45) is 6.47. The number of carbonyl (C=O) groups excluding carboxylic acids is 2. The molecule has 0 radical (unpaired) electrons. The molecular weight excluding hydrogens is 324 g/mol. The molecule has 0 aromatic carbocycles. The maximum absolute atomic E-state index is 12.4. The van der Waals surface area contributed by atoms with Crippen LogP contribution in [0, 0.1) is 11.8 Å². The van der Waals surface area contributed by atoms with Gasteiger partial charge in [-0.05, 0) is 42.7 Å². The highest BCUT2D eigenvalue weighted by molar-refractivity contribution is 7.10. The topological polar surface area (TPSA) is 58.6 Å². The Balaban J connectivity index is 1.33. The van der Waals surface area contributed by atoms with Crippen molar-refractivity contribution in [3.63, 3.8) is 0 Å². The lowest BCUT2D eigenvalue weighted by Gasteiger charge is -2.32. The first-order valence-corrected chi connectivity index (χ1v) is 9.50. The zero-order chi connectivity index (χ0) is 16.5. The van der Waals surface area contributed by atoms with E-state index in [2.05, 4.69) is 5.32 Å². The number of nitrogens with zero attached hydrogens (tertiary/aromatic N) is 1. The van der Waals surface area contributed by atoms with Crippen LogP contribution in [0.15, 0.2) is 23.6 Å². The Kier molecular flexibility index (Phi) is 4.41. The lowest BCUT2D eigenvalue weighted by molar-refractivity contribution is -0.138. The molecule has 3 fully saturated rings. The van der Waals surface area contributed by atoms with E-state index in [0.29, 0.717) is 19.0 Å². The molecule has 2 aliphatic heterocycles. The van der Waals surface area contributed by atoms with Gasteiger partial charge in [0.05, 0.1) is 18.1 Å². The largest absolute Gasteiger partial charge is 0.370 e. The molecule has 6 heteroatoms. The van der Waals surface area contributed by atoms with Gasteiger partial charge in [0.1, 0.15) is 0 Å². The van der Waals surface area contributed by atoms with Crippen LogP contribution in [0.5, 0.6) is 0 Å². The standard InChI is InChI=1S/C18H22N2O3S/c21-17(6-5-14-2-1-7-24-14)20-10-13-8-15(16(11-20)23-13)18(22)19-9-12-3-4-12/h1-2,5-7,12-13,15-16H,3-4,8-11H2,(H,19,22)/b6-5+. The van der Waals surface area contributed by atoms with Crippen LogP contribution in [0.25, 0.3) is 6.08 Å². The molecule has 5 nitrogen and oxygen atoms in total. The zero-order valence-corrected chi connectivity index (χ0v) is 14.3. The molecule has 3 heterocycles. The van der Waals surface area contributed by atoms with Crippen LogP contribution in [-0.4, -0.2) is 48.6 Å². The lowest BCUT2D eigenvalue weighted by Crippen LogP contribution is -2.47. The predicted octanol–water partition coefficient (Wildman–Crippen LogP) is 1.90. The van der Waals surface area contributed by atoms with E-state index in [1.165, 1.54) is 12.8 Å². The third kappa shape index (κ3) is 3.54. The highest BCUT2D eigenvalue weighted by Gasteiger charge is 2.45. The fraction of sp³-hybridized carbons (Fsp3) is 0.556. The first kappa shape index (κ1) is 15.8. The Labute approximate surface area is 145 Å². The van der Waals surface area contributed by atoms with Crippen molar-refractivity contribution in [3.05, 3.63) is 28.5 Å². The van der Waals surface area contributed by atoms with Gasteiger partial charge < -0.3 is 15.0 Å². The molecule has 1 aromatic heterocycles. The Hall–Kier alpha value is -1.66. The molecule has 1 N–H and O–H groups in total. The molecule has 0 spiro atoms. The molecule has 1 aromatic rings. The molecular formula is C18H22N2O3S. The van der Waals surface area contributed by atoms with Crippen molar-refractivity contribution >= 4 is 29.2 Å². The summed E-state index contributed by atoms with van der Waals surface area (Å²) in [5, 5.41) is 5.04. The fourth-order valence-electron chi connectivity index (χ4n) is 3.46. The van der Waals surface area contributed by atoms with Crippen molar-refractivity contribution in [2.75, 3.05) is 19.6 Å². The second kappa shape index (κ2) is 6.69. The van der Waals surface area contributed by atoms with Gasteiger partial charge in [-0.1, -0.05) is 6.07 Å². The first-order valence-electron chi connectivity index (χ1n) is 8.62. The number of fused-ring (bicyclic) bond motifs is 2. The Morgan fingerprint density at radius 2 is 2.25 bits per heavy atom. The molecule has 2 amide bonds. The van der Waals surface area contributed by atoms with Gasteiger partial charge in [-0.15, -0.1) is 11.3 Å². The summed E-state index contributed by atoms with van der Waals surface area (Å²) in [7, 11) is 0.